The number of hydrogen-bond donors (Lipinski definition) is 3. The van der Waals surface area contributed by atoms with Gasteiger partial charge in [0.05, 0.1) is 29.2 Å². The molecule has 3 aromatic rings. The average Bonchev–Trinajstić information content (AvgIpc) is 3.54. The normalized spacial score (nSPS) is 17.4. The largest absolute Gasteiger partial charge is 0.490 e. The second-order valence-corrected chi connectivity index (χ2v) is 8.66. The molecule has 1 saturated heterocycles. The number of hydrogen-bond acceptors (Lipinski definition) is 7. The van der Waals surface area contributed by atoms with E-state index in [4.69, 9.17) is 19.9 Å². The molecule has 0 amide bonds. The minimum absolute atomic E-state index is 0.111. The lowest BCUT2D eigenvalue weighted by Crippen LogP contribution is -2.25. The van der Waals surface area contributed by atoms with Gasteiger partial charge in [0.2, 0.25) is 0 Å². The quantitative estimate of drug-likeness (QED) is 0.476. The van der Waals surface area contributed by atoms with Crippen LogP contribution in [0.3, 0.4) is 0 Å². The smallest absolute Gasteiger partial charge is 0.260 e. The fourth-order valence-electron chi connectivity index (χ4n) is 4.53. The van der Waals surface area contributed by atoms with Crippen molar-refractivity contribution in [1.82, 2.24) is 19.5 Å². The number of likely N-dealkylation sites (tertiary alicyclic amines) is 1. The summed E-state index contributed by atoms with van der Waals surface area (Å²) in [4.78, 5) is 10.7. The van der Waals surface area contributed by atoms with Crippen LogP contribution in [0.5, 0.6) is 5.88 Å². The summed E-state index contributed by atoms with van der Waals surface area (Å²) in [6, 6.07) is 5.68. The van der Waals surface area contributed by atoms with Gasteiger partial charge in [-0.3, -0.25) is 10.3 Å². The van der Waals surface area contributed by atoms with E-state index in [1.54, 1.807) is 4.52 Å². The summed E-state index contributed by atoms with van der Waals surface area (Å²) in [5, 5.41) is 22.6. The molecular weight excluding hydrogens is 432 g/mol. The first-order valence-corrected chi connectivity index (χ1v) is 11.7. The van der Waals surface area contributed by atoms with Gasteiger partial charge >= 0.3 is 0 Å². The number of fused-ring (bicyclic) bond motifs is 2. The van der Waals surface area contributed by atoms with Gasteiger partial charge < -0.3 is 19.6 Å². The van der Waals surface area contributed by atoms with E-state index in [9.17, 15) is 5.11 Å². The number of aromatic nitrogens is 3. The highest BCUT2D eigenvalue weighted by Crippen LogP contribution is 2.35. The Balaban J connectivity index is 1.53. The van der Waals surface area contributed by atoms with Crippen LogP contribution in [0.25, 0.3) is 11.3 Å². The molecule has 1 aliphatic heterocycles. The fourth-order valence-corrected chi connectivity index (χ4v) is 4.53. The van der Waals surface area contributed by atoms with Crippen LogP contribution in [0.1, 0.15) is 35.4 Å². The van der Waals surface area contributed by atoms with E-state index in [0.29, 0.717) is 35.4 Å². The summed E-state index contributed by atoms with van der Waals surface area (Å²) in [5.74, 6) is 1.01. The molecule has 0 bridgehead atoms. The van der Waals surface area contributed by atoms with Crippen molar-refractivity contribution in [2.45, 2.75) is 26.7 Å². The number of aryl methyl sites for hydroxylation is 1. The molecule has 0 spiro atoms. The summed E-state index contributed by atoms with van der Waals surface area (Å²) < 4.78 is 13.6. The average molecular weight is 463 g/mol. The van der Waals surface area contributed by atoms with E-state index in [0.717, 1.165) is 47.7 Å². The molecule has 9 heteroatoms. The van der Waals surface area contributed by atoms with Crippen molar-refractivity contribution in [3.05, 3.63) is 53.0 Å². The van der Waals surface area contributed by atoms with Crippen LogP contribution in [-0.2, 0) is 4.74 Å². The predicted molar refractivity (Wildman–Crippen MR) is 132 cm³/mol. The first kappa shape index (κ1) is 22.4. The lowest BCUT2D eigenvalue weighted by Gasteiger charge is -2.20. The van der Waals surface area contributed by atoms with E-state index in [-0.39, 0.29) is 13.2 Å². The molecule has 1 aliphatic carbocycles. The molecule has 3 N–H and O–H groups in total. The number of allylic oxidation sites excluding steroid dienone is 1. The molecular formula is C25H30N6O3. The Labute approximate surface area is 198 Å². The van der Waals surface area contributed by atoms with Gasteiger partial charge in [-0.15, -0.1) is 5.10 Å². The predicted octanol–water partition coefficient (Wildman–Crippen LogP) is 3.26. The first-order valence-electron chi connectivity index (χ1n) is 11.7. The number of nitrogens with one attached hydrogen (secondary N) is 2. The number of H-pyrrole nitrogens is 1. The molecule has 0 unspecified atom stereocenters. The van der Waals surface area contributed by atoms with E-state index in [1.165, 1.54) is 12.8 Å². The molecule has 3 aromatic heterocycles. The van der Waals surface area contributed by atoms with E-state index in [2.05, 4.69) is 15.0 Å². The molecule has 0 radical (unpaired) electrons. The Morgan fingerprint density at radius 1 is 1.18 bits per heavy atom. The SMILES string of the molecule is Cc1[nH]c2c(c1C)C(=N)/C(=N/c1c(OCCO)nn3ccccc13)C=C2OCCN1CCCC1. The molecule has 178 valence electrons. The minimum Gasteiger partial charge on any atom is -0.490 e. The lowest BCUT2D eigenvalue weighted by atomic mass is 9.95. The summed E-state index contributed by atoms with van der Waals surface area (Å²) in [6.07, 6.45) is 6.14. The lowest BCUT2D eigenvalue weighted by molar-refractivity contribution is 0.197. The highest BCUT2D eigenvalue weighted by atomic mass is 16.5. The second kappa shape index (κ2) is 9.44. The molecule has 2 aliphatic rings. The summed E-state index contributed by atoms with van der Waals surface area (Å²) in [7, 11) is 0. The Bertz CT molecular complexity index is 1280. The van der Waals surface area contributed by atoms with Crippen LogP contribution in [0, 0.1) is 19.3 Å². The van der Waals surface area contributed by atoms with Crippen LogP contribution in [0.2, 0.25) is 0 Å². The van der Waals surface area contributed by atoms with E-state index in [1.807, 2.05) is 44.3 Å². The highest BCUT2D eigenvalue weighted by molar-refractivity contribution is 6.54. The number of rotatable bonds is 8. The van der Waals surface area contributed by atoms with Gasteiger partial charge in [-0.2, -0.15) is 0 Å². The number of aromatic amines is 1. The molecule has 1 fully saturated rings. The molecule has 0 atom stereocenters. The van der Waals surface area contributed by atoms with Crippen molar-refractivity contribution >= 4 is 28.4 Å². The van der Waals surface area contributed by atoms with Gasteiger partial charge in [0.25, 0.3) is 5.88 Å². The number of ether oxygens (including phenoxy) is 2. The maximum absolute atomic E-state index is 9.23. The summed E-state index contributed by atoms with van der Waals surface area (Å²) in [6.45, 7) is 7.70. The van der Waals surface area contributed by atoms with Gasteiger partial charge in [0.1, 0.15) is 19.0 Å². The number of aliphatic imine (C=N–C) groups is 1. The number of aliphatic hydroxyl groups is 1. The van der Waals surface area contributed by atoms with E-state index >= 15 is 0 Å². The standard InChI is InChI=1S/C25H30N6O3/c1-16-17(2)27-24-20(33-13-11-30-8-5-6-9-30)15-18(22(26)21(16)24)28-23-19-7-3-4-10-31(19)29-25(23)34-14-12-32/h3-4,7,10,15,26-27,32H,5-6,8-9,11-14H2,1-2H3/b26-22?,28-18+. The van der Waals surface area contributed by atoms with Crippen molar-refractivity contribution in [2.24, 2.45) is 4.99 Å². The molecule has 9 nitrogen and oxygen atoms in total. The van der Waals surface area contributed by atoms with Crippen molar-refractivity contribution in [2.75, 3.05) is 39.5 Å². The van der Waals surface area contributed by atoms with Crippen LogP contribution in [-0.4, -0.2) is 75.5 Å². The molecule has 5 rings (SSSR count). The third kappa shape index (κ3) is 4.12. The topological polar surface area (TPSA) is 111 Å². The Morgan fingerprint density at radius 2 is 2.00 bits per heavy atom. The molecule has 34 heavy (non-hydrogen) atoms. The van der Waals surface area contributed by atoms with Crippen LogP contribution in [0.4, 0.5) is 5.69 Å². The van der Waals surface area contributed by atoms with Gasteiger partial charge in [-0.25, -0.2) is 9.51 Å². The van der Waals surface area contributed by atoms with Crippen LogP contribution in [0.15, 0.2) is 35.5 Å². The first-order chi connectivity index (χ1) is 16.6. The van der Waals surface area contributed by atoms with Crippen LogP contribution < -0.4 is 4.74 Å². The van der Waals surface area contributed by atoms with Crippen molar-refractivity contribution in [3.8, 4) is 5.88 Å². The van der Waals surface area contributed by atoms with Crippen molar-refractivity contribution in [3.63, 3.8) is 0 Å². The van der Waals surface area contributed by atoms with Crippen molar-refractivity contribution < 1.29 is 14.6 Å². The molecule has 0 aromatic carbocycles. The maximum Gasteiger partial charge on any atom is 0.260 e. The minimum atomic E-state index is -0.125. The Morgan fingerprint density at radius 3 is 2.79 bits per heavy atom. The molecule has 4 heterocycles. The molecule has 0 saturated carbocycles. The fraction of sp³-hybridized carbons (Fsp3) is 0.400. The number of nitrogens with zero attached hydrogens (tertiary/aromatic N) is 4. The zero-order chi connectivity index (χ0) is 23.7. The third-order valence-corrected chi connectivity index (χ3v) is 6.43. The van der Waals surface area contributed by atoms with Gasteiger partial charge in [0, 0.05) is 30.1 Å². The number of pyridine rings is 1. The number of aliphatic hydroxyl groups excluding tert-OH is 1. The second-order valence-electron chi connectivity index (χ2n) is 8.66. The Hall–Kier alpha value is -3.43. The zero-order valence-corrected chi connectivity index (χ0v) is 19.6. The zero-order valence-electron chi connectivity index (χ0n) is 19.6. The van der Waals surface area contributed by atoms with Crippen LogP contribution >= 0.6 is 0 Å². The monoisotopic (exact) mass is 462 g/mol. The maximum atomic E-state index is 9.23. The van der Waals surface area contributed by atoms with Gasteiger partial charge in [-0.1, -0.05) is 6.07 Å². The van der Waals surface area contributed by atoms with Crippen molar-refractivity contribution in [1.29, 1.82) is 5.41 Å². The Kier molecular flexibility index (Phi) is 6.21. The summed E-state index contributed by atoms with van der Waals surface area (Å²) >= 11 is 0. The van der Waals surface area contributed by atoms with E-state index < -0.39 is 0 Å². The van der Waals surface area contributed by atoms with Gasteiger partial charge in [-0.05, 0) is 57.5 Å². The third-order valence-electron chi connectivity index (χ3n) is 6.43. The highest BCUT2D eigenvalue weighted by Gasteiger charge is 2.28. The van der Waals surface area contributed by atoms with Gasteiger partial charge in [0.15, 0.2) is 5.69 Å². The summed E-state index contributed by atoms with van der Waals surface area (Å²) in [5.41, 5.74) is 5.75.